The van der Waals surface area contributed by atoms with E-state index in [4.69, 9.17) is 13.6 Å². The van der Waals surface area contributed by atoms with Crippen LogP contribution in [0.3, 0.4) is 0 Å². The third-order valence-electron chi connectivity index (χ3n) is 5.46. The van der Waals surface area contributed by atoms with Crippen molar-refractivity contribution in [3.05, 3.63) is 94.4 Å². The third kappa shape index (κ3) is 4.22. The number of halogens is 1. The molecule has 7 heteroatoms. The van der Waals surface area contributed by atoms with E-state index in [-0.39, 0.29) is 23.9 Å². The van der Waals surface area contributed by atoms with Crippen molar-refractivity contribution in [1.82, 2.24) is 0 Å². The number of amides is 1. The van der Waals surface area contributed by atoms with E-state index in [1.165, 1.54) is 0 Å². The lowest BCUT2D eigenvalue weighted by molar-refractivity contribution is -0.115. The molecule has 2 heterocycles. The number of nitrogens with one attached hydrogen (secondary N) is 1. The van der Waals surface area contributed by atoms with E-state index in [1.54, 1.807) is 36.6 Å². The second-order valence-corrected chi connectivity index (χ2v) is 8.63. The number of ketones is 1. The van der Waals surface area contributed by atoms with Gasteiger partial charge in [-0.2, -0.15) is 0 Å². The molecule has 6 nitrogen and oxygen atoms in total. The highest BCUT2D eigenvalue weighted by molar-refractivity contribution is 9.10. The number of hydrogen-bond donors (Lipinski definition) is 1. The van der Waals surface area contributed by atoms with Gasteiger partial charge in [-0.25, -0.2) is 0 Å². The Balaban J connectivity index is 1.46. The quantitative estimate of drug-likeness (QED) is 0.241. The summed E-state index contributed by atoms with van der Waals surface area (Å²) in [5.41, 5.74) is 2.76. The lowest BCUT2D eigenvalue weighted by Gasteiger charge is -2.07. The molecule has 0 aliphatic heterocycles. The molecule has 0 saturated heterocycles. The van der Waals surface area contributed by atoms with Crippen LogP contribution in [0.25, 0.3) is 21.9 Å². The van der Waals surface area contributed by atoms with Gasteiger partial charge in [0.1, 0.15) is 16.9 Å². The molecule has 0 radical (unpaired) electrons. The highest BCUT2D eigenvalue weighted by Crippen LogP contribution is 2.33. The second-order valence-electron chi connectivity index (χ2n) is 7.72. The molecule has 3 aromatic carbocycles. The van der Waals surface area contributed by atoms with Gasteiger partial charge in [0.2, 0.25) is 11.7 Å². The molecule has 1 N–H and O–H groups in total. The highest BCUT2D eigenvalue weighted by atomic mass is 79.9. The molecular weight excluding hydrogens is 498 g/mol. The predicted octanol–water partition coefficient (Wildman–Crippen LogP) is 6.75. The highest BCUT2D eigenvalue weighted by Gasteiger charge is 2.24. The van der Waals surface area contributed by atoms with Crippen molar-refractivity contribution in [2.24, 2.45) is 0 Å². The lowest BCUT2D eigenvalue weighted by atomic mass is 10.1. The number of rotatable bonds is 7. The molecule has 0 saturated carbocycles. The number of ether oxygens (including phenoxy) is 1. The van der Waals surface area contributed by atoms with Crippen LogP contribution >= 0.6 is 15.9 Å². The number of para-hydroxylation sites is 1. The summed E-state index contributed by atoms with van der Waals surface area (Å²) in [7, 11) is 0. The molecule has 5 rings (SSSR count). The number of benzene rings is 3. The Kier molecular flexibility index (Phi) is 5.94. The summed E-state index contributed by atoms with van der Waals surface area (Å²) in [6, 6.07) is 19.7. The van der Waals surface area contributed by atoms with Gasteiger partial charge in [0.15, 0.2) is 5.76 Å². The maximum Gasteiger partial charge on any atom is 0.230 e. The molecular formula is C27H20BrNO5. The second kappa shape index (κ2) is 9.19. The van der Waals surface area contributed by atoms with Gasteiger partial charge in [-0.15, -0.1) is 0 Å². The van der Waals surface area contributed by atoms with Crippen molar-refractivity contribution >= 4 is 55.2 Å². The Labute approximate surface area is 203 Å². The number of anilines is 1. The molecule has 5 aromatic rings. The van der Waals surface area contributed by atoms with Gasteiger partial charge < -0.3 is 18.9 Å². The SMILES string of the molecule is CCOc1ccc(C(=O)c2oc3ccccc3c2NC(=O)Cc2coc3ccc(Br)cc23)cc1. The van der Waals surface area contributed by atoms with Gasteiger partial charge in [-0.3, -0.25) is 9.59 Å². The maximum atomic E-state index is 13.3. The minimum Gasteiger partial charge on any atom is -0.494 e. The number of carbonyl (C=O) groups is 2. The van der Waals surface area contributed by atoms with Gasteiger partial charge in [0, 0.05) is 26.4 Å². The van der Waals surface area contributed by atoms with E-state index in [0.717, 1.165) is 15.4 Å². The molecule has 0 aliphatic carbocycles. The molecule has 0 unspecified atom stereocenters. The minimum absolute atomic E-state index is 0.0820. The molecule has 0 aliphatic rings. The Morgan fingerprint density at radius 1 is 0.971 bits per heavy atom. The zero-order valence-electron chi connectivity index (χ0n) is 18.3. The van der Waals surface area contributed by atoms with Crippen molar-refractivity contribution in [2.75, 3.05) is 11.9 Å². The fourth-order valence-electron chi connectivity index (χ4n) is 3.88. The van der Waals surface area contributed by atoms with E-state index < -0.39 is 0 Å². The van der Waals surface area contributed by atoms with Crippen molar-refractivity contribution in [3.63, 3.8) is 0 Å². The van der Waals surface area contributed by atoms with E-state index in [0.29, 0.717) is 40.2 Å². The monoisotopic (exact) mass is 517 g/mol. The smallest absolute Gasteiger partial charge is 0.230 e. The molecule has 0 atom stereocenters. The van der Waals surface area contributed by atoms with Crippen LogP contribution in [-0.2, 0) is 11.2 Å². The summed E-state index contributed by atoms with van der Waals surface area (Å²) in [6.07, 6.45) is 1.66. The topological polar surface area (TPSA) is 81.7 Å². The Morgan fingerprint density at radius 3 is 2.56 bits per heavy atom. The summed E-state index contributed by atoms with van der Waals surface area (Å²) in [4.78, 5) is 26.4. The first-order valence-corrected chi connectivity index (χ1v) is 11.6. The average Bonchev–Trinajstić information content (AvgIpc) is 3.40. The zero-order valence-corrected chi connectivity index (χ0v) is 19.8. The fourth-order valence-corrected chi connectivity index (χ4v) is 4.24. The van der Waals surface area contributed by atoms with E-state index in [9.17, 15) is 9.59 Å². The van der Waals surface area contributed by atoms with Crippen molar-refractivity contribution in [1.29, 1.82) is 0 Å². The maximum absolute atomic E-state index is 13.3. The molecule has 1 amide bonds. The van der Waals surface area contributed by atoms with Crippen LogP contribution in [-0.4, -0.2) is 18.3 Å². The normalized spacial score (nSPS) is 11.1. The van der Waals surface area contributed by atoms with Crippen LogP contribution in [0.1, 0.15) is 28.6 Å². The van der Waals surface area contributed by atoms with Gasteiger partial charge >= 0.3 is 0 Å². The number of furan rings is 2. The Bertz CT molecular complexity index is 1510. The number of carbonyl (C=O) groups excluding carboxylic acids is 2. The standard InChI is InChI=1S/C27H20BrNO5/c1-2-32-19-10-7-16(8-11-19)26(31)27-25(20-5-3-4-6-23(20)34-27)29-24(30)13-17-15-33-22-12-9-18(28)14-21(17)22/h3-12,14-15H,2,13H2,1H3,(H,29,30). The average molecular weight is 518 g/mol. The summed E-state index contributed by atoms with van der Waals surface area (Å²) >= 11 is 3.45. The van der Waals surface area contributed by atoms with E-state index in [1.807, 2.05) is 43.3 Å². The Morgan fingerprint density at radius 2 is 1.76 bits per heavy atom. The summed E-state index contributed by atoms with van der Waals surface area (Å²) in [5, 5.41) is 4.41. The summed E-state index contributed by atoms with van der Waals surface area (Å²) < 4.78 is 17.8. The summed E-state index contributed by atoms with van der Waals surface area (Å²) in [6.45, 7) is 2.43. The third-order valence-corrected chi connectivity index (χ3v) is 5.95. The van der Waals surface area contributed by atoms with Crippen LogP contribution in [0, 0.1) is 0 Å². The van der Waals surface area contributed by atoms with Crippen molar-refractivity contribution < 1.29 is 23.2 Å². The first-order valence-electron chi connectivity index (χ1n) is 10.8. The molecule has 0 spiro atoms. The van der Waals surface area contributed by atoms with Gasteiger partial charge in [0.25, 0.3) is 0 Å². The van der Waals surface area contributed by atoms with E-state index in [2.05, 4.69) is 21.2 Å². The molecule has 0 bridgehead atoms. The van der Waals surface area contributed by atoms with Crippen LogP contribution in [0.2, 0.25) is 0 Å². The first-order chi connectivity index (χ1) is 16.5. The van der Waals surface area contributed by atoms with Crippen molar-refractivity contribution in [3.8, 4) is 5.75 Å². The predicted molar refractivity (Wildman–Crippen MR) is 134 cm³/mol. The van der Waals surface area contributed by atoms with Gasteiger partial charge in [-0.05, 0) is 61.5 Å². The number of hydrogen-bond acceptors (Lipinski definition) is 5. The molecule has 34 heavy (non-hydrogen) atoms. The number of fused-ring (bicyclic) bond motifs is 2. The largest absolute Gasteiger partial charge is 0.494 e. The molecule has 170 valence electrons. The van der Waals surface area contributed by atoms with E-state index >= 15 is 0 Å². The summed E-state index contributed by atoms with van der Waals surface area (Å²) in [5.74, 6) is 0.150. The van der Waals surface area contributed by atoms with Crippen LogP contribution in [0.5, 0.6) is 5.75 Å². The Hall–Kier alpha value is -3.84. The zero-order chi connectivity index (χ0) is 23.7. The fraction of sp³-hybridized carbons (Fsp3) is 0.111. The van der Waals surface area contributed by atoms with Crippen LogP contribution < -0.4 is 10.1 Å². The molecule has 0 fully saturated rings. The van der Waals surface area contributed by atoms with Gasteiger partial charge in [-0.1, -0.05) is 28.1 Å². The van der Waals surface area contributed by atoms with Crippen molar-refractivity contribution in [2.45, 2.75) is 13.3 Å². The van der Waals surface area contributed by atoms with Crippen LogP contribution in [0.4, 0.5) is 5.69 Å². The minimum atomic E-state index is -0.327. The first kappa shape index (κ1) is 22.0. The van der Waals surface area contributed by atoms with Gasteiger partial charge in [0.05, 0.1) is 25.0 Å². The lowest BCUT2D eigenvalue weighted by Crippen LogP contribution is -2.16. The van der Waals surface area contributed by atoms with Crippen LogP contribution in [0.15, 0.2) is 86.3 Å². The molecule has 2 aromatic heterocycles.